The molecule has 3 aromatic carbocycles. The molecule has 0 fully saturated rings. The van der Waals surface area contributed by atoms with E-state index >= 15 is 0 Å². The first-order valence-corrected chi connectivity index (χ1v) is 15.6. The zero-order valence-electron chi connectivity index (χ0n) is 24.9. The molecule has 45 heavy (non-hydrogen) atoms. The highest BCUT2D eigenvalue weighted by molar-refractivity contribution is 7.98. The average molecular weight is 646 g/mol. The predicted octanol–water partition coefficient (Wildman–Crippen LogP) is 5.92. The molecule has 1 atom stereocenters. The summed E-state index contributed by atoms with van der Waals surface area (Å²) in [6, 6.07) is 17.8. The molecule has 1 N–H and O–H groups in total. The Morgan fingerprint density at radius 1 is 1.07 bits per heavy atom. The Morgan fingerprint density at radius 3 is 2.53 bits per heavy atom. The molecule has 0 unspecified atom stereocenters. The fraction of sp³-hybridized carbons (Fsp3) is 0.219. The molecule has 5 aromatic rings. The van der Waals surface area contributed by atoms with E-state index in [1.807, 2.05) is 35.4 Å². The van der Waals surface area contributed by atoms with Crippen molar-refractivity contribution in [1.29, 1.82) is 0 Å². The number of hydrogen-bond acceptors (Lipinski definition) is 9. The fourth-order valence-corrected chi connectivity index (χ4v) is 5.95. The van der Waals surface area contributed by atoms with Crippen LogP contribution in [0.2, 0.25) is 5.02 Å². The van der Waals surface area contributed by atoms with Gasteiger partial charge >= 0.3 is 0 Å². The molecule has 6 rings (SSSR count). The summed E-state index contributed by atoms with van der Waals surface area (Å²) in [5.41, 5.74) is 1.53. The van der Waals surface area contributed by atoms with Gasteiger partial charge in [0.25, 0.3) is 11.5 Å². The van der Waals surface area contributed by atoms with E-state index in [4.69, 9.17) is 26.3 Å². The SMILES string of the molecule is COc1ccc(CN2CN(C)C(=O)c3c(N[C@@H](C)c4nc5cccc(Cl)c5c(=O)n4-c4cccc(F)c4)nc(SC)nc32)cc1. The molecular formula is C32H29ClFN7O3S. The van der Waals surface area contributed by atoms with Gasteiger partial charge < -0.3 is 19.9 Å². The van der Waals surface area contributed by atoms with Crippen molar-refractivity contribution < 1.29 is 13.9 Å². The zero-order chi connectivity index (χ0) is 31.8. The van der Waals surface area contributed by atoms with Crippen molar-refractivity contribution in [3.63, 3.8) is 0 Å². The van der Waals surface area contributed by atoms with Crippen molar-refractivity contribution in [3.05, 3.63) is 105 Å². The Labute approximate surface area is 267 Å². The van der Waals surface area contributed by atoms with E-state index < -0.39 is 17.4 Å². The highest BCUT2D eigenvalue weighted by Crippen LogP contribution is 2.35. The molecule has 0 saturated heterocycles. The van der Waals surface area contributed by atoms with E-state index in [1.54, 1.807) is 50.2 Å². The van der Waals surface area contributed by atoms with E-state index in [0.29, 0.717) is 41.1 Å². The number of benzene rings is 3. The van der Waals surface area contributed by atoms with Crippen molar-refractivity contribution in [2.75, 3.05) is 37.3 Å². The molecule has 1 aliphatic heterocycles. The molecule has 0 spiro atoms. The normalized spacial score (nSPS) is 13.6. The second kappa shape index (κ2) is 12.4. The molecule has 0 radical (unpaired) electrons. The van der Waals surface area contributed by atoms with Gasteiger partial charge in [0, 0.05) is 13.6 Å². The summed E-state index contributed by atoms with van der Waals surface area (Å²) in [5.74, 6) is 1.05. The Bertz CT molecular complexity index is 1990. The first kappa shape index (κ1) is 30.4. The van der Waals surface area contributed by atoms with Crippen LogP contribution in [0, 0.1) is 5.82 Å². The Hall–Kier alpha value is -4.68. The molecule has 0 bridgehead atoms. The average Bonchev–Trinajstić information content (AvgIpc) is 3.03. The van der Waals surface area contributed by atoms with Gasteiger partial charge in [0.2, 0.25) is 0 Å². The lowest BCUT2D eigenvalue weighted by atomic mass is 10.1. The molecule has 2 aromatic heterocycles. The minimum atomic E-state index is -0.673. The van der Waals surface area contributed by atoms with Gasteiger partial charge in [0.15, 0.2) is 5.16 Å². The van der Waals surface area contributed by atoms with Crippen molar-refractivity contribution in [1.82, 2.24) is 24.4 Å². The van der Waals surface area contributed by atoms with Crippen LogP contribution >= 0.6 is 23.4 Å². The van der Waals surface area contributed by atoms with E-state index in [0.717, 1.165) is 11.3 Å². The van der Waals surface area contributed by atoms with Crippen LogP contribution in [-0.2, 0) is 6.54 Å². The minimum Gasteiger partial charge on any atom is -0.497 e. The molecule has 10 nitrogen and oxygen atoms in total. The number of nitrogens with one attached hydrogen (secondary N) is 1. The number of rotatable bonds is 8. The standard InChI is InChI=1S/C32H29ClFN7O3S/c1-18(28-36-24-10-6-9-23(33)25(24)31(43)41(28)21-8-5-7-20(34)15-21)35-27-26-29(38-32(37-27)45-4)40(17-39(2)30(26)42)16-19-11-13-22(44-3)14-12-19/h5-15,18H,16-17H2,1-4H3,(H,35,37,38)/t18-/m0/s1. The summed E-state index contributed by atoms with van der Waals surface area (Å²) in [5, 5.41) is 4.25. The van der Waals surface area contributed by atoms with Crippen LogP contribution in [0.4, 0.5) is 16.0 Å². The molecule has 0 saturated carbocycles. The molecular weight excluding hydrogens is 617 g/mol. The van der Waals surface area contributed by atoms with Crippen LogP contribution in [-0.4, -0.2) is 57.4 Å². The smallest absolute Gasteiger partial charge is 0.267 e. The van der Waals surface area contributed by atoms with Crippen molar-refractivity contribution in [2.24, 2.45) is 0 Å². The highest BCUT2D eigenvalue weighted by Gasteiger charge is 2.34. The first-order valence-electron chi connectivity index (χ1n) is 14.0. The Balaban J connectivity index is 1.47. The van der Waals surface area contributed by atoms with Crippen LogP contribution in [0.15, 0.2) is 76.7 Å². The third kappa shape index (κ3) is 5.78. The number of carbonyl (C=O) groups is 1. The number of aromatic nitrogens is 4. The van der Waals surface area contributed by atoms with Gasteiger partial charge in [-0.15, -0.1) is 0 Å². The summed E-state index contributed by atoms with van der Waals surface area (Å²) >= 11 is 7.77. The minimum absolute atomic E-state index is 0.217. The fourth-order valence-electron chi connectivity index (χ4n) is 5.34. The van der Waals surface area contributed by atoms with Crippen molar-refractivity contribution >= 4 is 51.8 Å². The number of methoxy groups -OCH3 is 1. The molecule has 13 heteroatoms. The number of anilines is 2. The Morgan fingerprint density at radius 2 is 1.82 bits per heavy atom. The quantitative estimate of drug-likeness (QED) is 0.163. The van der Waals surface area contributed by atoms with Crippen LogP contribution in [0.1, 0.15) is 34.7 Å². The summed E-state index contributed by atoms with van der Waals surface area (Å²) in [4.78, 5) is 45.4. The number of thioether (sulfide) groups is 1. The number of nitrogens with zero attached hydrogens (tertiary/aromatic N) is 6. The van der Waals surface area contributed by atoms with Gasteiger partial charge in [-0.05, 0) is 61.2 Å². The van der Waals surface area contributed by atoms with Crippen LogP contribution in [0.25, 0.3) is 16.6 Å². The monoisotopic (exact) mass is 645 g/mol. The second-order valence-corrected chi connectivity index (χ2v) is 11.7. The predicted molar refractivity (Wildman–Crippen MR) is 174 cm³/mol. The number of ether oxygens (including phenoxy) is 1. The second-order valence-electron chi connectivity index (χ2n) is 10.5. The van der Waals surface area contributed by atoms with Crippen LogP contribution < -0.4 is 20.5 Å². The Kier molecular flexibility index (Phi) is 8.34. The topological polar surface area (TPSA) is 105 Å². The zero-order valence-corrected chi connectivity index (χ0v) is 26.5. The summed E-state index contributed by atoms with van der Waals surface area (Å²) in [7, 11) is 3.34. The third-order valence-electron chi connectivity index (χ3n) is 7.51. The van der Waals surface area contributed by atoms with Crippen LogP contribution in [0.5, 0.6) is 5.75 Å². The summed E-state index contributed by atoms with van der Waals surface area (Å²) in [6.45, 7) is 2.61. The van der Waals surface area contributed by atoms with Gasteiger partial charge in [-0.3, -0.25) is 14.2 Å². The van der Waals surface area contributed by atoms with Crippen molar-refractivity contribution in [2.45, 2.75) is 24.7 Å². The molecule has 230 valence electrons. The van der Waals surface area contributed by atoms with E-state index in [2.05, 4.69) is 10.3 Å². The van der Waals surface area contributed by atoms with Gasteiger partial charge in [-0.25, -0.2) is 19.3 Å². The molecule has 1 amide bonds. The molecule has 0 aliphatic carbocycles. The summed E-state index contributed by atoms with van der Waals surface area (Å²) < 4.78 is 21.0. The van der Waals surface area contributed by atoms with Crippen LogP contribution in [0.3, 0.4) is 0 Å². The van der Waals surface area contributed by atoms with Gasteiger partial charge in [0.05, 0.1) is 41.4 Å². The lowest BCUT2D eigenvalue weighted by Gasteiger charge is -2.36. The van der Waals surface area contributed by atoms with E-state index in [-0.39, 0.29) is 27.8 Å². The maximum absolute atomic E-state index is 14.4. The van der Waals surface area contributed by atoms with Crippen molar-refractivity contribution in [3.8, 4) is 11.4 Å². The maximum atomic E-state index is 14.4. The number of carbonyl (C=O) groups excluding carboxylic acids is 1. The lowest BCUT2D eigenvalue weighted by Crippen LogP contribution is -2.45. The van der Waals surface area contributed by atoms with Gasteiger partial charge in [-0.1, -0.05) is 47.6 Å². The number of fused-ring (bicyclic) bond motifs is 2. The largest absolute Gasteiger partial charge is 0.497 e. The molecule has 3 heterocycles. The van der Waals surface area contributed by atoms with E-state index in [9.17, 15) is 14.0 Å². The number of hydrogen-bond donors (Lipinski definition) is 1. The number of amides is 1. The van der Waals surface area contributed by atoms with Gasteiger partial charge in [-0.2, -0.15) is 0 Å². The lowest BCUT2D eigenvalue weighted by molar-refractivity contribution is 0.0780. The third-order valence-corrected chi connectivity index (χ3v) is 8.37. The molecule has 1 aliphatic rings. The first-order chi connectivity index (χ1) is 21.7. The summed E-state index contributed by atoms with van der Waals surface area (Å²) in [6.07, 6.45) is 1.86. The number of halogens is 2. The van der Waals surface area contributed by atoms with E-state index in [1.165, 1.54) is 34.5 Å². The highest BCUT2D eigenvalue weighted by atomic mass is 35.5. The van der Waals surface area contributed by atoms with Gasteiger partial charge in [0.1, 0.15) is 34.6 Å². The maximum Gasteiger partial charge on any atom is 0.267 e.